The molecule has 1 aromatic carbocycles. The van der Waals surface area contributed by atoms with Crippen LogP contribution in [-0.4, -0.2) is 4.98 Å². The number of rotatable bonds is 4. The van der Waals surface area contributed by atoms with E-state index in [1.165, 1.54) is 12.3 Å². The van der Waals surface area contributed by atoms with Crippen LogP contribution in [0.1, 0.15) is 24.1 Å². The van der Waals surface area contributed by atoms with Gasteiger partial charge in [-0.3, -0.25) is 4.98 Å². The highest BCUT2D eigenvalue weighted by Gasteiger charge is 2.01. The zero-order valence-corrected chi connectivity index (χ0v) is 11.0. The number of halogens is 1. The highest BCUT2D eigenvalue weighted by atomic mass is 32.2. The van der Waals surface area contributed by atoms with Crippen molar-refractivity contribution in [2.45, 2.75) is 23.6 Å². The molecule has 0 aliphatic heterocycles. The third-order valence-corrected chi connectivity index (χ3v) is 3.66. The Hall–Kier alpha value is -1.39. The molecule has 0 saturated carbocycles. The molecule has 2 rings (SSSR count). The van der Waals surface area contributed by atoms with Crippen molar-refractivity contribution in [1.82, 2.24) is 4.98 Å². The van der Waals surface area contributed by atoms with Crippen molar-refractivity contribution in [3.05, 3.63) is 59.7 Å². The Balaban J connectivity index is 1.98. The molecule has 1 aromatic heterocycles. The molecule has 0 aliphatic carbocycles. The van der Waals surface area contributed by atoms with Crippen LogP contribution in [0, 0.1) is 5.82 Å². The molecular weight excluding hydrogens is 247 g/mol. The van der Waals surface area contributed by atoms with E-state index in [1.54, 1.807) is 18.0 Å². The predicted octanol–water partition coefficient (Wildman–Crippen LogP) is 3.53. The lowest BCUT2D eigenvalue weighted by Gasteiger charge is -2.06. The fourth-order valence-corrected chi connectivity index (χ4v) is 2.39. The average Bonchev–Trinajstić information content (AvgIpc) is 2.37. The van der Waals surface area contributed by atoms with Gasteiger partial charge in [-0.05, 0) is 36.2 Å². The first-order valence-electron chi connectivity index (χ1n) is 5.73. The standard InChI is InChI=1S/C14H15FN2S/c1-10(16)12-2-4-14(5-3-12)18-9-11-6-13(15)8-17-7-11/h2-8,10H,9,16H2,1H3. The number of aromatic nitrogens is 1. The van der Waals surface area contributed by atoms with Gasteiger partial charge in [-0.15, -0.1) is 11.8 Å². The van der Waals surface area contributed by atoms with Gasteiger partial charge in [0.2, 0.25) is 0 Å². The molecule has 1 unspecified atom stereocenters. The van der Waals surface area contributed by atoms with Crippen LogP contribution < -0.4 is 5.73 Å². The number of thioether (sulfide) groups is 1. The van der Waals surface area contributed by atoms with E-state index in [1.807, 2.05) is 31.2 Å². The molecule has 2 aromatic rings. The minimum Gasteiger partial charge on any atom is -0.324 e. The van der Waals surface area contributed by atoms with Crippen LogP contribution >= 0.6 is 11.8 Å². The summed E-state index contributed by atoms with van der Waals surface area (Å²) in [7, 11) is 0. The van der Waals surface area contributed by atoms with Crippen LogP contribution in [0.25, 0.3) is 0 Å². The van der Waals surface area contributed by atoms with Crippen molar-refractivity contribution in [3.8, 4) is 0 Å². The molecule has 94 valence electrons. The summed E-state index contributed by atoms with van der Waals surface area (Å²) in [5, 5.41) is 0. The van der Waals surface area contributed by atoms with Gasteiger partial charge >= 0.3 is 0 Å². The molecule has 2 N–H and O–H groups in total. The molecule has 0 aliphatic rings. The van der Waals surface area contributed by atoms with E-state index in [2.05, 4.69) is 4.98 Å². The monoisotopic (exact) mass is 262 g/mol. The van der Waals surface area contributed by atoms with Gasteiger partial charge in [0.05, 0.1) is 6.20 Å². The van der Waals surface area contributed by atoms with Crippen LogP contribution in [0.5, 0.6) is 0 Å². The second-order valence-electron chi connectivity index (χ2n) is 4.16. The molecule has 0 spiro atoms. The van der Waals surface area contributed by atoms with Crippen molar-refractivity contribution in [2.24, 2.45) is 5.73 Å². The lowest BCUT2D eigenvalue weighted by Crippen LogP contribution is -2.04. The SMILES string of the molecule is CC(N)c1ccc(SCc2cncc(F)c2)cc1. The number of benzene rings is 1. The Bertz CT molecular complexity index is 511. The smallest absolute Gasteiger partial charge is 0.141 e. The topological polar surface area (TPSA) is 38.9 Å². The summed E-state index contributed by atoms with van der Waals surface area (Å²) in [4.78, 5) is 4.97. The third kappa shape index (κ3) is 3.55. The number of nitrogens with zero attached hydrogens (tertiary/aromatic N) is 1. The second kappa shape index (κ2) is 5.98. The Kier molecular flexibility index (Phi) is 4.33. The van der Waals surface area contributed by atoms with E-state index in [4.69, 9.17) is 5.73 Å². The third-order valence-electron chi connectivity index (χ3n) is 2.57. The van der Waals surface area contributed by atoms with Crippen LogP contribution in [0.4, 0.5) is 4.39 Å². The van der Waals surface area contributed by atoms with Crippen LogP contribution in [-0.2, 0) is 5.75 Å². The van der Waals surface area contributed by atoms with Gasteiger partial charge in [0.1, 0.15) is 5.82 Å². The Labute approximate surface area is 110 Å². The largest absolute Gasteiger partial charge is 0.324 e. The summed E-state index contributed by atoms with van der Waals surface area (Å²) < 4.78 is 12.9. The first-order chi connectivity index (χ1) is 8.65. The van der Waals surface area contributed by atoms with Crippen LogP contribution in [0.15, 0.2) is 47.6 Å². The molecule has 0 saturated heterocycles. The van der Waals surface area contributed by atoms with Gasteiger partial charge in [0.25, 0.3) is 0 Å². The quantitative estimate of drug-likeness (QED) is 0.857. The minimum absolute atomic E-state index is 0.0523. The lowest BCUT2D eigenvalue weighted by atomic mass is 10.1. The molecule has 1 heterocycles. The summed E-state index contributed by atoms with van der Waals surface area (Å²) >= 11 is 1.66. The number of pyridine rings is 1. The zero-order valence-electron chi connectivity index (χ0n) is 10.1. The first kappa shape index (κ1) is 13.1. The van der Waals surface area contributed by atoms with Crippen molar-refractivity contribution >= 4 is 11.8 Å². The number of hydrogen-bond donors (Lipinski definition) is 1. The highest BCUT2D eigenvalue weighted by molar-refractivity contribution is 7.98. The van der Waals surface area contributed by atoms with Gasteiger partial charge in [-0.25, -0.2) is 4.39 Å². The molecule has 0 bridgehead atoms. The normalized spacial score (nSPS) is 12.4. The molecule has 0 amide bonds. The van der Waals surface area contributed by atoms with Crippen LogP contribution in [0.3, 0.4) is 0 Å². The summed E-state index contributed by atoms with van der Waals surface area (Å²) in [6.07, 6.45) is 2.90. The molecule has 4 heteroatoms. The van der Waals surface area contributed by atoms with E-state index in [0.29, 0.717) is 5.75 Å². The summed E-state index contributed by atoms with van der Waals surface area (Å²) in [5.74, 6) is 0.419. The van der Waals surface area contributed by atoms with Crippen molar-refractivity contribution < 1.29 is 4.39 Å². The molecular formula is C14H15FN2S. The van der Waals surface area contributed by atoms with Crippen molar-refractivity contribution in [1.29, 1.82) is 0 Å². The van der Waals surface area contributed by atoms with Gasteiger partial charge < -0.3 is 5.73 Å². The van der Waals surface area contributed by atoms with Gasteiger partial charge in [0.15, 0.2) is 0 Å². The van der Waals surface area contributed by atoms with Crippen molar-refractivity contribution in [3.63, 3.8) is 0 Å². The van der Waals surface area contributed by atoms with E-state index < -0.39 is 0 Å². The summed E-state index contributed by atoms with van der Waals surface area (Å²) in [6, 6.07) is 9.69. The fourth-order valence-electron chi connectivity index (χ4n) is 1.57. The molecule has 0 radical (unpaired) electrons. The first-order valence-corrected chi connectivity index (χ1v) is 6.71. The van der Waals surface area contributed by atoms with Gasteiger partial charge in [0, 0.05) is 22.9 Å². The zero-order chi connectivity index (χ0) is 13.0. The Morgan fingerprint density at radius 3 is 2.61 bits per heavy atom. The number of hydrogen-bond acceptors (Lipinski definition) is 3. The van der Waals surface area contributed by atoms with Crippen molar-refractivity contribution in [2.75, 3.05) is 0 Å². The van der Waals surface area contributed by atoms with E-state index in [-0.39, 0.29) is 11.9 Å². The summed E-state index contributed by atoms with van der Waals surface area (Å²) in [6.45, 7) is 1.96. The average molecular weight is 262 g/mol. The molecule has 1 atom stereocenters. The van der Waals surface area contributed by atoms with Crippen LogP contribution in [0.2, 0.25) is 0 Å². The van der Waals surface area contributed by atoms with E-state index >= 15 is 0 Å². The van der Waals surface area contributed by atoms with Gasteiger partial charge in [-0.2, -0.15) is 0 Å². The van der Waals surface area contributed by atoms with E-state index in [0.717, 1.165) is 16.0 Å². The number of nitrogens with two attached hydrogens (primary N) is 1. The molecule has 18 heavy (non-hydrogen) atoms. The van der Waals surface area contributed by atoms with Gasteiger partial charge in [-0.1, -0.05) is 12.1 Å². The molecule has 2 nitrogen and oxygen atoms in total. The predicted molar refractivity (Wildman–Crippen MR) is 72.8 cm³/mol. The highest BCUT2D eigenvalue weighted by Crippen LogP contribution is 2.24. The maximum absolute atomic E-state index is 12.9. The minimum atomic E-state index is -0.291. The fraction of sp³-hybridized carbons (Fsp3) is 0.214. The van der Waals surface area contributed by atoms with E-state index in [9.17, 15) is 4.39 Å². The second-order valence-corrected chi connectivity index (χ2v) is 5.21. The Morgan fingerprint density at radius 2 is 2.00 bits per heavy atom. The lowest BCUT2D eigenvalue weighted by molar-refractivity contribution is 0.619. The maximum atomic E-state index is 12.9. The maximum Gasteiger partial charge on any atom is 0.141 e. The Morgan fingerprint density at radius 1 is 1.28 bits per heavy atom. The molecule has 0 fully saturated rings. The summed E-state index contributed by atoms with van der Waals surface area (Å²) in [5.41, 5.74) is 7.79.